The molecule has 0 aliphatic heterocycles. The zero-order chi connectivity index (χ0) is 5.82. The predicted octanol–water partition coefficient (Wildman–Crippen LogP) is -1.40. The van der Waals surface area contributed by atoms with Gasteiger partial charge in [-0.15, -0.1) is 0 Å². The quantitative estimate of drug-likeness (QED) is 0.365. The molecule has 9 heavy (non-hydrogen) atoms. The van der Waals surface area contributed by atoms with Gasteiger partial charge in [0.25, 0.3) is 0 Å². The molecule has 3 heteroatoms. The van der Waals surface area contributed by atoms with Crippen molar-refractivity contribution in [1.82, 2.24) is 0 Å². The van der Waals surface area contributed by atoms with Gasteiger partial charge in [0.2, 0.25) is 0 Å². The van der Waals surface area contributed by atoms with E-state index in [9.17, 15) is 0 Å². The molecule has 0 heterocycles. The minimum Gasteiger partial charge on any atom is -1.00 e. The average molecular weight is 133 g/mol. The molecule has 1 rings (SSSR count). The Morgan fingerprint density at radius 3 is 2.11 bits per heavy atom. The van der Waals surface area contributed by atoms with Gasteiger partial charge >= 0.3 is 29.6 Å². The van der Waals surface area contributed by atoms with Crippen LogP contribution >= 0.6 is 0 Å². The molecule has 0 spiro atoms. The van der Waals surface area contributed by atoms with Crippen molar-refractivity contribution in [3.63, 3.8) is 0 Å². The molecule has 0 amide bonds. The largest absolute Gasteiger partial charge is 1.00 e. The average Bonchev–Trinajstić information content (AvgIpc) is 1.90. The molecule has 0 radical (unpaired) electrons. The number of hydrogen-bond donors (Lipinski definition) is 2. The van der Waals surface area contributed by atoms with Gasteiger partial charge in [0.05, 0.1) is 5.69 Å². The van der Waals surface area contributed by atoms with Crippen molar-refractivity contribution < 1.29 is 36.2 Å². The SMILES string of the molecule is ONc1ccccc1.[H-].[Na+]. The number of para-hydroxylation sites is 1. The zero-order valence-corrected chi connectivity index (χ0v) is 7.33. The smallest absolute Gasteiger partial charge is 1.00 e. The fourth-order valence-electron chi connectivity index (χ4n) is 0.513. The van der Waals surface area contributed by atoms with Crippen LogP contribution in [0.3, 0.4) is 0 Å². The van der Waals surface area contributed by atoms with Crippen LogP contribution in [0.2, 0.25) is 0 Å². The third-order valence-electron chi connectivity index (χ3n) is 0.903. The Morgan fingerprint density at radius 1 is 1.22 bits per heavy atom. The summed E-state index contributed by atoms with van der Waals surface area (Å²) < 4.78 is 0. The molecule has 0 aliphatic rings. The van der Waals surface area contributed by atoms with E-state index < -0.39 is 0 Å². The van der Waals surface area contributed by atoms with Crippen molar-refractivity contribution >= 4 is 5.69 Å². The molecule has 0 bridgehead atoms. The Balaban J connectivity index is 0. The Hall–Kier alpha value is -0.0200. The van der Waals surface area contributed by atoms with Crippen molar-refractivity contribution in [3.05, 3.63) is 30.3 Å². The second-order valence-corrected chi connectivity index (χ2v) is 1.48. The number of hydrogen-bond acceptors (Lipinski definition) is 2. The van der Waals surface area contributed by atoms with E-state index in [1.54, 1.807) is 12.1 Å². The number of rotatable bonds is 1. The van der Waals surface area contributed by atoms with Gasteiger partial charge in [0, 0.05) is 0 Å². The van der Waals surface area contributed by atoms with Crippen molar-refractivity contribution in [1.29, 1.82) is 0 Å². The van der Waals surface area contributed by atoms with Gasteiger partial charge in [-0.1, -0.05) is 18.2 Å². The van der Waals surface area contributed by atoms with Gasteiger partial charge in [0.1, 0.15) is 0 Å². The van der Waals surface area contributed by atoms with Gasteiger partial charge < -0.3 is 1.43 Å². The fraction of sp³-hybridized carbons (Fsp3) is 0. The first kappa shape index (κ1) is 8.98. The first-order valence-electron chi connectivity index (χ1n) is 2.38. The minimum atomic E-state index is 0. The van der Waals surface area contributed by atoms with Gasteiger partial charge in [-0.3, -0.25) is 10.7 Å². The first-order chi connectivity index (χ1) is 3.93. The molecule has 2 N–H and O–H groups in total. The maximum absolute atomic E-state index is 8.29. The maximum atomic E-state index is 8.29. The first-order valence-corrected chi connectivity index (χ1v) is 2.38. The summed E-state index contributed by atoms with van der Waals surface area (Å²) in [6.07, 6.45) is 0. The summed E-state index contributed by atoms with van der Waals surface area (Å²) in [4.78, 5) is 0. The van der Waals surface area contributed by atoms with E-state index in [0.717, 1.165) is 0 Å². The topological polar surface area (TPSA) is 32.3 Å². The van der Waals surface area contributed by atoms with E-state index in [2.05, 4.69) is 0 Å². The molecule has 0 fully saturated rings. The van der Waals surface area contributed by atoms with Crippen molar-refractivity contribution in [3.8, 4) is 0 Å². The summed E-state index contributed by atoms with van der Waals surface area (Å²) in [5, 5.41) is 8.29. The van der Waals surface area contributed by atoms with Crippen LogP contribution in [0.1, 0.15) is 1.43 Å². The zero-order valence-electron chi connectivity index (χ0n) is 6.33. The predicted molar refractivity (Wildman–Crippen MR) is 33.0 cm³/mol. The third kappa shape index (κ3) is 2.87. The Kier molecular flexibility index (Phi) is 4.81. The molecule has 1 aromatic carbocycles. The van der Waals surface area contributed by atoms with Crippen LogP contribution in [0.4, 0.5) is 5.69 Å². The molecular formula is C6H8NNaO. The summed E-state index contributed by atoms with van der Waals surface area (Å²) in [6, 6.07) is 9.14. The molecule has 44 valence electrons. The van der Waals surface area contributed by atoms with E-state index in [-0.39, 0.29) is 31.0 Å². The summed E-state index contributed by atoms with van der Waals surface area (Å²) in [5.74, 6) is 0. The van der Waals surface area contributed by atoms with E-state index >= 15 is 0 Å². The van der Waals surface area contributed by atoms with Crippen LogP contribution in [0, 0.1) is 0 Å². The van der Waals surface area contributed by atoms with Crippen LogP contribution in [0.5, 0.6) is 0 Å². The monoisotopic (exact) mass is 133 g/mol. The Labute approximate surface area is 77.6 Å². The second kappa shape index (κ2) is 4.82. The van der Waals surface area contributed by atoms with Gasteiger partial charge in [-0.25, -0.2) is 0 Å². The maximum Gasteiger partial charge on any atom is 1.00 e. The Bertz CT molecular complexity index is 159. The van der Waals surface area contributed by atoms with Crippen molar-refractivity contribution in [2.24, 2.45) is 0 Å². The van der Waals surface area contributed by atoms with Crippen molar-refractivity contribution in [2.75, 3.05) is 5.48 Å². The summed E-state index contributed by atoms with van der Waals surface area (Å²) in [7, 11) is 0. The van der Waals surface area contributed by atoms with E-state index in [1.165, 1.54) is 0 Å². The molecule has 0 aromatic heterocycles. The minimum absolute atomic E-state index is 0. The molecule has 0 aliphatic carbocycles. The summed E-state index contributed by atoms with van der Waals surface area (Å²) in [6.45, 7) is 0. The number of nitrogens with one attached hydrogen (secondary N) is 1. The normalized spacial score (nSPS) is 7.67. The van der Waals surface area contributed by atoms with Gasteiger partial charge in [0.15, 0.2) is 0 Å². The van der Waals surface area contributed by atoms with Gasteiger partial charge in [-0.05, 0) is 12.1 Å². The van der Waals surface area contributed by atoms with Crippen LogP contribution in [0.25, 0.3) is 0 Å². The molecule has 0 saturated carbocycles. The second-order valence-electron chi connectivity index (χ2n) is 1.48. The molecule has 0 saturated heterocycles. The van der Waals surface area contributed by atoms with Crippen molar-refractivity contribution in [2.45, 2.75) is 0 Å². The van der Waals surface area contributed by atoms with Crippen LogP contribution in [-0.4, -0.2) is 5.21 Å². The van der Waals surface area contributed by atoms with Crippen LogP contribution in [0.15, 0.2) is 30.3 Å². The molecule has 1 aromatic rings. The fourth-order valence-corrected chi connectivity index (χ4v) is 0.513. The van der Waals surface area contributed by atoms with Crippen LogP contribution in [-0.2, 0) is 0 Å². The standard InChI is InChI=1S/C6H7NO.Na.H/c8-7-6-4-2-1-3-5-6;;/h1-5,7-8H;;/q;+1;-1. The molecular weight excluding hydrogens is 125 g/mol. The van der Waals surface area contributed by atoms with E-state index in [0.29, 0.717) is 5.69 Å². The third-order valence-corrected chi connectivity index (χ3v) is 0.903. The number of benzene rings is 1. The molecule has 0 atom stereocenters. The van der Waals surface area contributed by atoms with Gasteiger partial charge in [-0.2, -0.15) is 0 Å². The molecule has 2 nitrogen and oxygen atoms in total. The summed E-state index contributed by atoms with van der Waals surface area (Å²) in [5.41, 5.74) is 2.74. The van der Waals surface area contributed by atoms with E-state index in [4.69, 9.17) is 5.21 Å². The van der Waals surface area contributed by atoms with Crippen LogP contribution < -0.4 is 35.0 Å². The summed E-state index contributed by atoms with van der Waals surface area (Å²) >= 11 is 0. The Morgan fingerprint density at radius 2 is 1.78 bits per heavy atom. The van der Waals surface area contributed by atoms with E-state index in [1.807, 2.05) is 23.7 Å². The molecule has 0 unspecified atom stereocenters. The number of anilines is 1.